The summed E-state index contributed by atoms with van der Waals surface area (Å²) in [6.07, 6.45) is 0. The van der Waals surface area contributed by atoms with Gasteiger partial charge in [-0.25, -0.2) is 0 Å². The molecule has 1 unspecified atom stereocenters. The SMILES string of the molecule is CC(CSc1ccc(C(C)C)cc1)C(=N)N. The van der Waals surface area contributed by atoms with Gasteiger partial charge in [0.25, 0.3) is 0 Å². The standard InChI is InChI=1S/C13H20N2S/c1-9(2)11-4-6-12(7-5-11)16-8-10(3)13(14)15/h4-7,9-10H,8H2,1-3H3,(H3,14,15). The summed E-state index contributed by atoms with van der Waals surface area (Å²) in [5.41, 5.74) is 6.80. The number of nitrogens with one attached hydrogen (secondary N) is 1. The fourth-order valence-corrected chi connectivity index (χ4v) is 2.21. The summed E-state index contributed by atoms with van der Waals surface area (Å²) in [7, 11) is 0. The van der Waals surface area contributed by atoms with Crippen LogP contribution in [0.5, 0.6) is 0 Å². The molecule has 3 N–H and O–H groups in total. The van der Waals surface area contributed by atoms with Gasteiger partial charge in [-0.2, -0.15) is 0 Å². The number of nitrogens with two attached hydrogens (primary N) is 1. The van der Waals surface area contributed by atoms with Crippen molar-refractivity contribution in [2.75, 3.05) is 5.75 Å². The maximum absolute atomic E-state index is 7.32. The van der Waals surface area contributed by atoms with Crippen LogP contribution in [-0.4, -0.2) is 11.6 Å². The van der Waals surface area contributed by atoms with Crippen LogP contribution < -0.4 is 5.73 Å². The predicted molar refractivity (Wildman–Crippen MR) is 72.3 cm³/mol. The zero-order chi connectivity index (χ0) is 12.1. The molecule has 0 amide bonds. The van der Waals surface area contributed by atoms with Gasteiger partial charge >= 0.3 is 0 Å². The maximum atomic E-state index is 7.32. The molecule has 0 aliphatic rings. The van der Waals surface area contributed by atoms with Crippen LogP contribution in [0.15, 0.2) is 29.2 Å². The van der Waals surface area contributed by atoms with E-state index in [4.69, 9.17) is 11.1 Å². The van der Waals surface area contributed by atoms with Crippen molar-refractivity contribution in [2.45, 2.75) is 31.6 Å². The van der Waals surface area contributed by atoms with Gasteiger partial charge in [0.2, 0.25) is 0 Å². The Morgan fingerprint density at radius 3 is 2.25 bits per heavy atom. The van der Waals surface area contributed by atoms with E-state index < -0.39 is 0 Å². The molecule has 0 bridgehead atoms. The molecule has 1 aromatic carbocycles. The van der Waals surface area contributed by atoms with Gasteiger partial charge in [0.1, 0.15) is 0 Å². The molecule has 0 aromatic heterocycles. The quantitative estimate of drug-likeness (QED) is 0.467. The van der Waals surface area contributed by atoms with Crippen molar-refractivity contribution in [1.82, 2.24) is 0 Å². The molecule has 1 rings (SSSR count). The van der Waals surface area contributed by atoms with Crippen molar-refractivity contribution in [1.29, 1.82) is 5.41 Å². The molecule has 0 saturated heterocycles. The van der Waals surface area contributed by atoms with Crippen LogP contribution in [-0.2, 0) is 0 Å². The normalized spacial score (nSPS) is 12.8. The van der Waals surface area contributed by atoms with Gasteiger partial charge in [0.05, 0.1) is 5.84 Å². The van der Waals surface area contributed by atoms with Crippen molar-refractivity contribution in [2.24, 2.45) is 11.7 Å². The van der Waals surface area contributed by atoms with E-state index in [1.165, 1.54) is 10.5 Å². The Hall–Kier alpha value is -0.960. The molecule has 0 radical (unpaired) electrons. The Morgan fingerprint density at radius 2 is 1.81 bits per heavy atom. The Labute approximate surface area is 102 Å². The highest BCUT2D eigenvalue weighted by Gasteiger charge is 2.06. The zero-order valence-electron chi connectivity index (χ0n) is 10.2. The topological polar surface area (TPSA) is 49.9 Å². The van der Waals surface area contributed by atoms with E-state index in [1.807, 2.05) is 6.92 Å². The Balaban J connectivity index is 2.52. The van der Waals surface area contributed by atoms with Gasteiger partial charge in [-0.1, -0.05) is 32.9 Å². The Bertz CT molecular complexity index is 343. The molecular weight excluding hydrogens is 216 g/mol. The van der Waals surface area contributed by atoms with Gasteiger partial charge in [-0.05, 0) is 23.6 Å². The average molecular weight is 236 g/mol. The highest BCUT2D eigenvalue weighted by Crippen LogP contribution is 2.23. The number of benzene rings is 1. The number of hydrogen-bond acceptors (Lipinski definition) is 2. The van der Waals surface area contributed by atoms with Crippen molar-refractivity contribution in [3.8, 4) is 0 Å². The van der Waals surface area contributed by atoms with Gasteiger partial charge in [0, 0.05) is 16.6 Å². The van der Waals surface area contributed by atoms with Crippen LogP contribution in [0.3, 0.4) is 0 Å². The van der Waals surface area contributed by atoms with Crippen molar-refractivity contribution in [3.63, 3.8) is 0 Å². The van der Waals surface area contributed by atoms with E-state index in [0.717, 1.165) is 5.75 Å². The first-order chi connectivity index (χ1) is 7.50. The van der Waals surface area contributed by atoms with E-state index >= 15 is 0 Å². The summed E-state index contributed by atoms with van der Waals surface area (Å²) in [6, 6.07) is 8.64. The van der Waals surface area contributed by atoms with Crippen molar-refractivity contribution >= 4 is 17.6 Å². The zero-order valence-corrected chi connectivity index (χ0v) is 11.0. The third-order valence-electron chi connectivity index (χ3n) is 2.58. The first-order valence-electron chi connectivity index (χ1n) is 5.57. The first kappa shape index (κ1) is 13.1. The lowest BCUT2D eigenvalue weighted by molar-refractivity contribution is 0.864. The number of thioether (sulfide) groups is 1. The molecule has 1 atom stereocenters. The summed E-state index contributed by atoms with van der Waals surface area (Å²) >= 11 is 1.76. The molecule has 0 spiro atoms. The molecule has 0 aliphatic heterocycles. The maximum Gasteiger partial charge on any atom is 0.0942 e. The third kappa shape index (κ3) is 3.89. The van der Waals surface area contributed by atoms with E-state index in [0.29, 0.717) is 5.92 Å². The van der Waals surface area contributed by atoms with Crippen LogP contribution in [0.25, 0.3) is 0 Å². The largest absolute Gasteiger partial charge is 0.387 e. The summed E-state index contributed by atoms with van der Waals surface area (Å²) in [6.45, 7) is 6.37. The lowest BCUT2D eigenvalue weighted by Crippen LogP contribution is -2.21. The second kappa shape index (κ2) is 5.94. The lowest BCUT2D eigenvalue weighted by Gasteiger charge is -2.10. The predicted octanol–water partition coefficient (Wildman–Crippen LogP) is 3.47. The molecule has 2 nitrogen and oxygen atoms in total. The average Bonchev–Trinajstić information content (AvgIpc) is 2.26. The van der Waals surface area contributed by atoms with Gasteiger partial charge in [-0.15, -0.1) is 11.8 Å². The van der Waals surface area contributed by atoms with Gasteiger partial charge in [-0.3, -0.25) is 5.41 Å². The van der Waals surface area contributed by atoms with Crippen LogP contribution in [0.4, 0.5) is 0 Å². The van der Waals surface area contributed by atoms with Crippen LogP contribution in [0.2, 0.25) is 0 Å². The van der Waals surface area contributed by atoms with E-state index in [1.54, 1.807) is 11.8 Å². The van der Waals surface area contributed by atoms with Crippen LogP contribution in [0.1, 0.15) is 32.3 Å². The molecule has 88 valence electrons. The molecule has 0 fully saturated rings. The Morgan fingerprint density at radius 1 is 1.25 bits per heavy atom. The number of rotatable bonds is 5. The highest BCUT2D eigenvalue weighted by molar-refractivity contribution is 7.99. The number of amidine groups is 1. The summed E-state index contributed by atoms with van der Waals surface area (Å²) in [5.74, 6) is 1.87. The van der Waals surface area contributed by atoms with E-state index in [9.17, 15) is 0 Å². The minimum Gasteiger partial charge on any atom is -0.387 e. The third-order valence-corrected chi connectivity index (χ3v) is 3.85. The number of hydrogen-bond donors (Lipinski definition) is 2. The summed E-state index contributed by atoms with van der Waals surface area (Å²) < 4.78 is 0. The highest BCUT2D eigenvalue weighted by atomic mass is 32.2. The molecule has 16 heavy (non-hydrogen) atoms. The minimum absolute atomic E-state index is 0.148. The smallest absolute Gasteiger partial charge is 0.0942 e. The molecular formula is C13H20N2S. The second-order valence-electron chi connectivity index (χ2n) is 4.39. The Kier molecular flexibility index (Phi) is 4.87. The summed E-state index contributed by atoms with van der Waals surface area (Å²) in [4.78, 5) is 1.25. The minimum atomic E-state index is 0.148. The molecule has 0 saturated carbocycles. The fraction of sp³-hybridized carbons (Fsp3) is 0.462. The second-order valence-corrected chi connectivity index (χ2v) is 5.48. The molecule has 0 heterocycles. The molecule has 3 heteroatoms. The summed E-state index contributed by atoms with van der Waals surface area (Å²) in [5, 5.41) is 7.32. The lowest BCUT2D eigenvalue weighted by atomic mass is 10.0. The van der Waals surface area contributed by atoms with Crippen LogP contribution >= 0.6 is 11.8 Å². The fourth-order valence-electron chi connectivity index (χ4n) is 1.26. The van der Waals surface area contributed by atoms with Gasteiger partial charge in [0.15, 0.2) is 0 Å². The van der Waals surface area contributed by atoms with Gasteiger partial charge < -0.3 is 5.73 Å². The van der Waals surface area contributed by atoms with Crippen LogP contribution in [0, 0.1) is 11.3 Å². The monoisotopic (exact) mass is 236 g/mol. The molecule has 1 aromatic rings. The van der Waals surface area contributed by atoms with Crippen molar-refractivity contribution < 1.29 is 0 Å². The first-order valence-corrected chi connectivity index (χ1v) is 6.56. The van der Waals surface area contributed by atoms with E-state index in [-0.39, 0.29) is 11.8 Å². The molecule has 0 aliphatic carbocycles. The van der Waals surface area contributed by atoms with E-state index in [2.05, 4.69) is 38.1 Å². The van der Waals surface area contributed by atoms with Crippen molar-refractivity contribution in [3.05, 3.63) is 29.8 Å².